The van der Waals surface area contributed by atoms with Gasteiger partial charge in [-0.25, -0.2) is 0 Å². The van der Waals surface area contributed by atoms with E-state index in [0.717, 1.165) is 0 Å². The second-order valence-electron chi connectivity index (χ2n) is 7.79. The molecule has 8 nitrogen and oxygen atoms in total. The van der Waals surface area contributed by atoms with E-state index >= 15 is 0 Å². The van der Waals surface area contributed by atoms with Crippen LogP contribution in [-0.4, -0.2) is 47.2 Å². The number of hydrogen-bond donors (Lipinski definition) is 1. The van der Waals surface area contributed by atoms with Crippen LogP contribution in [0.1, 0.15) is 29.0 Å². The first kappa shape index (κ1) is 21.4. The first-order valence-corrected chi connectivity index (χ1v) is 10.6. The summed E-state index contributed by atoms with van der Waals surface area (Å²) in [6.07, 6.45) is 5.77. The molecule has 4 rings (SSSR count). The molecule has 3 aromatic rings. The molecule has 3 heterocycles. The van der Waals surface area contributed by atoms with Crippen molar-refractivity contribution >= 4 is 23.4 Å². The van der Waals surface area contributed by atoms with E-state index in [1.807, 2.05) is 18.2 Å². The lowest BCUT2D eigenvalue weighted by atomic mass is 9.96. The van der Waals surface area contributed by atoms with Gasteiger partial charge in [0.1, 0.15) is 18.6 Å². The second kappa shape index (κ2) is 10.00. The summed E-state index contributed by atoms with van der Waals surface area (Å²) in [6.45, 7) is 0.957. The van der Waals surface area contributed by atoms with Crippen LogP contribution in [0, 0.1) is 5.92 Å². The summed E-state index contributed by atoms with van der Waals surface area (Å²) in [5, 5.41) is 2.82. The first-order valence-electron chi connectivity index (χ1n) is 10.6. The Morgan fingerprint density at radius 2 is 1.91 bits per heavy atom. The molecule has 1 unspecified atom stereocenters. The normalized spacial score (nSPS) is 15.9. The summed E-state index contributed by atoms with van der Waals surface area (Å²) in [7, 11) is 0. The van der Waals surface area contributed by atoms with Crippen LogP contribution in [0.5, 0.6) is 0 Å². The third-order valence-corrected chi connectivity index (χ3v) is 5.46. The molecule has 1 fully saturated rings. The summed E-state index contributed by atoms with van der Waals surface area (Å²) in [5.74, 6) is -0.421. The van der Waals surface area contributed by atoms with Crippen molar-refractivity contribution in [1.82, 2.24) is 9.80 Å². The van der Waals surface area contributed by atoms with E-state index in [1.165, 1.54) is 23.7 Å². The highest BCUT2D eigenvalue weighted by molar-refractivity contribution is 5.96. The largest absolute Gasteiger partial charge is 0.472 e. The van der Waals surface area contributed by atoms with E-state index in [1.54, 1.807) is 35.2 Å². The van der Waals surface area contributed by atoms with Crippen LogP contribution in [0.3, 0.4) is 0 Å². The monoisotopic (exact) mass is 435 g/mol. The average molecular weight is 435 g/mol. The van der Waals surface area contributed by atoms with Crippen molar-refractivity contribution in [3.8, 4) is 0 Å². The number of para-hydroxylation sites is 1. The number of rotatable bonds is 7. The minimum absolute atomic E-state index is 0.111. The Hall–Kier alpha value is -3.81. The second-order valence-corrected chi connectivity index (χ2v) is 7.79. The molecule has 3 amide bonds. The zero-order chi connectivity index (χ0) is 22.3. The van der Waals surface area contributed by atoms with Crippen LogP contribution in [0.4, 0.5) is 5.69 Å². The third-order valence-electron chi connectivity index (χ3n) is 5.46. The van der Waals surface area contributed by atoms with Gasteiger partial charge in [-0.2, -0.15) is 0 Å². The van der Waals surface area contributed by atoms with Crippen LogP contribution in [0.15, 0.2) is 76.2 Å². The highest BCUT2D eigenvalue weighted by Gasteiger charge is 2.33. The Labute approximate surface area is 185 Å². The van der Waals surface area contributed by atoms with Gasteiger partial charge in [-0.1, -0.05) is 18.2 Å². The lowest BCUT2D eigenvalue weighted by Gasteiger charge is -2.34. The van der Waals surface area contributed by atoms with Crippen molar-refractivity contribution in [2.75, 3.05) is 25.0 Å². The molecule has 1 N–H and O–H groups in total. The summed E-state index contributed by atoms with van der Waals surface area (Å²) >= 11 is 0. The Morgan fingerprint density at radius 1 is 1.06 bits per heavy atom. The number of anilines is 1. The summed E-state index contributed by atoms with van der Waals surface area (Å²) < 4.78 is 10.4. The molecule has 0 radical (unpaired) electrons. The number of carbonyl (C=O) groups excluding carboxylic acids is 3. The average Bonchev–Trinajstić information content (AvgIpc) is 3.53. The molecule has 0 saturated carbocycles. The fraction of sp³-hybridized carbons (Fsp3) is 0.292. The highest BCUT2D eigenvalue weighted by Crippen LogP contribution is 2.22. The molecule has 1 aliphatic heterocycles. The molecule has 1 saturated heterocycles. The van der Waals surface area contributed by atoms with Gasteiger partial charge in [-0.15, -0.1) is 0 Å². The van der Waals surface area contributed by atoms with Gasteiger partial charge in [-0.3, -0.25) is 14.4 Å². The molecular weight excluding hydrogens is 410 g/mol. The van der Waals surface area contributed by atoms with Gasteiger partial charge in [0.2, 0.25) is 11.8 Å². The first-order chi connectivity index (χ1) is 15.6. The van der Waals surface area contributed by atoms with Crippen molar-refractivity contribution in [3.63, 3.8) is 0 Å². The van der Waals surface area contributed by atoms with Crippen LogP contribution < -0.4 is 5.32 Å². The fourth-order valence-electron chi connectivity index (χ4n) is 3.89. The number of benzene rings is 1. The highest BCUT2D eigenvalue weighted by atomic mass is 16.3. The quantitative estimate of drug-likeness (QED) is 0.614. The van der Waals surface area contributed by atoms with E-state index in [0.29, 0.717) is 42.9 Å². The number of likely N-dealkylation sites (tertiary alicyclic amines) is 1. The van der Waals surface area contributed by atoms with Crippen molar-refractivity contribution in [2.24, 2.45) is 5.92 Å². The summed E-state index contributed by atoms with van der Waals surface area (Å²) in [5.41, 5.74) is 1.13. The number of amides is 3. The van der Waals surface area contributed by atoms with Gasteiger partial charge in [0.05, 0.1) is 30.6 Å². The maximum Gasteiger partial charge on any atom is 0.257 e. The Balaban J connectivity index is 1.45. The zero-order valence-corrected chi connectivity index (χ0v) is 17.6. The van der Waals surface area contributed by atoms with Gasteiger partial charge in [0, 0.05) is 18.8 Å². The molecule has 0 bridgehead atoms. The number of carbonyl (C=O) groups is 3. The molecule has 2 aromatic heterocycles. The third kappa shape index (κ3) is 5.26. The number of furan rings is 2. The molecular formula is C24H25N3O5. The van der Waals surface area contributed by atoms with Crippen LogP contribution in [0.2, 0.25) is 0 Å². The number of hydrogen-bond acceptors (Lipinski definition) is 5. The topological polar surface area (TPSA) is 96.0 Å². The van der Waals surface area contributed by atoms with Gasteiger partial charge in [0.15, 0.2) is 0 Å². The molecule has 32 heavy (non-hydrogen) atoms. The number of nitrogens with zero attached hydrogens (tertiary/aromatic N) is 2. The lowest BCUT2D eigenvalue weighted by molar-refractivity contribution is -0.140. The smallest absolute Gasteiger partial charge is 0.257 e. The van der Waals surface area contributed by atoms with Crippen LogP contribution >= 0.6 is 0 Å². The maximum absolute atomic E-state index is 13.4. The Kier molecular flexibility index (Phi) is 6.69. The SMILES string of the molecule is O=C(CN(Cc1ccco1)C(=O)C1CCCN(C(=O)c2ccoc2)C1)Nc1ccccc1. The maximum atomic E-state index is 13.4. The Bertz CT molecular complexity index is 1030. The van der Waals surface area contributed by atoms with Gasteiger partial charge >= 0.3 is 0 Å². The molecule has 0 spiro atoms. The molecule has 0 aliphatic carbocycles. The number of piperidine rings is 1. The standard InChI is InChI=1S/C24H25N3O5/c28-22(25-20-7-2-1-3-8-20)16-27(15-21-9-5-12-32-21)23(29)18-6-4-11-26(14-18)24(30)19-10-13-31-17-19/h1-3,5,7-10,12-13,17-18H,4,6,11,14-16H2,(H,25,28). The zero-order valence-electron chi connectivity index (χ0n) is 17.6. The van der Waals surface area contributed by atoms with Gasteiger partial charge < -0.3 is 24.0 Å². The fourth-order valence-corrected chi connectivity index (χ4v) is 3.89. The van der Waals surface area contributed by atoms with E-state index in [4.69, 9.17) is 8.83 Å². The van der Waals surface area contributed by atoms with Gasteiger partial charge in [0.25, 0.3) is 5.91 Å². The molecule has 166 valence electrons. The predicted molar refractivity (Wildman–Crippen MR) is 117 cm³/mol. The van der Waals surface area contributed by atoms with E-state index in [2.05, 4.69) is 5.32 Å². The van der Waals surface area contributed by atoms with Crippen molar-refractivity contribution in [2.45, 2.75) is 19.4 Å². The summed E-state index contributed by atoms with van der Waals surface area (Å²) in [6, 6.07) is 14.2. The van der Waals surface area contributed by atoms with Crippen LogP contribution in [0.25, 0.3) is 0 Å². The van der Waals surface area contributed by atoms with E-state index in [9.17, 15) is 14.4 Å². The lowest BCUT2D eigenvalue weighted by Crippen LogP contribution is -2.48. The molecule has 8 heteroatoms. The number of nitrogens with one attached hydrogen (secondary N) is 1. The predicted octanol–water partition coefficient (Wildman–Crippen LogP) is 3.39. The van der Waals surface area contributed by atoms with Crippen molar-refractivity contribution in [3.05, 3.63) is 78.6 Å². The summed E-state index contributed by atoms with van der Waals surface area (Å²) in [4.78, 5) is 41.9. The minimum Gasteiger partial charge on any atom is -0.472 e. The van der Waals surface area contributed by atoms with Crippen molar-refractivity contribution in [1.29, 1.82) is 0 Å². The Morgan fingerprint density at radius 3 is 2.62 bits per heavy atom. The van der Waals surface area contributed by atoms with E-state index in [-0.39, 0.29) is 36.7 Å². The van der Waals surface area contributed by atoms with Crippen molar-refractivity contribution < 1.29 is 23.2 Å². The molecule has 1 atom stereocenters. The molecule has 1 aromatic carbocycles. The van der Waals surface area contributed by atoms with Gasteiger partial charge in [-0.05, 0) is 43.2 Å². The van der Waals surface area contributed by atoms with E-state index < -0.39 is 0 Å². The van der Waals surface area contributed by atoms with Crippen LogP contribution in [-0.2, 0) is 16.1 Å². The molecule has 1 aliphatic rings. The minimum atomic E-state index is -0.390.